The molecule has 2 unspecified atom stereocenters. The zero-order valence-electron chi connectivity index (χ0n) is 12.6. The van der Waals surface area contributed by atoms with E-state index in [2.05, 4.69) is 27.7 Å². The van der Waals surface area contributed by atoms with Crippen molar-refractivity contribution < 1.29 is 9.53 Å². The van der Waals surface area contributed by atoms with Gasteiger partial charge >= 0.3 is 0 Å². The molecule has 18 heavy (non-hydrogen) atoms. The Kier molecular flexibility index (Phi) is 6.34. The van der Waals surface area contributed by atoms with Crippen LogP contribution in [0.25, 0.3) is 0 Å². The van der Waals surface area contributed by atoms with Gasteiger partial charge in [0.2, 0.25) is 0 Å². The molecule has 0 spiro atoms. The smallest absolute Gasteiger partial charge is 0.136 e. The van der Waals surface area contributed by atoms with E-state index in [0.717, 1.165) is 45.3 Å². The number of ketones is 1. The zero-order valence-corrected chi connectivity index (χ0v) is 12.6. The van der Waals surface area contributed by atoms with Crippen LogP contribution < -0.4 is 0 Å². The van der Waals surface area contributed by atoms with Gasteiger partial charge in [0.05, 0.1) is 0 Å². The number of carbonyl (C=O) groups is 1. The van der Waals surface area contributed by atoms with Crippen LogP contribution in [-0.4, -0.2) is 19.0 Å². The van der Waals surface area contributed by atoms with Crippen LogP contribution in [0.3, 0.4) is 0 Å². The van der Waals surface area contributed by atoms with Crippen molar-refractivity contribution in [3.8, 4) is 0 Å². The second-order valence-electron chi connectivity index (χ2n) is 6.76. The van der Waals surface area contributed by atoms with E-state index in [-0.39, 0.29) is 5.92 Å². The molecule has 1 aliphatic carbocycles. The fourth-order valence-corrected chi connectivity index (χ4v) is 2.75. The Morgan fingerprint density at radius 1 is 1.28 bits per heavy atom. The summed E-state index contributed by atoms with van der Waals surface area (Å²) in [6.07, 6.45) is 6.16. The number of ether oxygens (including phenoxy) is 1. The highest BCUT2D eigenvalue weighted by atomic mass is 16.5. The SMILES string of the molecule is CCCCOCCC1CC(C(C)(C)C)CCC1=O. The van der Waals surface area contributed by atoms with Crippen LogP contribution in [0.5, 0.6) is 0 Å². The summed E-state index contributed by atoms with van der Waals surface area (Å²) in [5, 5.41) is 0. The molecule has 1 aliphatic rings. The second-order valence-corrected chi connectivity index (χ2v) is 6.76. The van der Waals surface area contributed by atoms with Crippen LogP contribution in [0.4, 0.5) is 0 Å². The summed E-state index contributed by atoms with van der Waals surface area (Å²) in [4.78, 5) is 11.9. The molecule has 1 fully saturated rings. The van der Waals surface area contributed by atoms with E-state index in [9.17, 15) is 4.79 Å². The number of hydrogen-bond donors (Lipinski definition) is 0. The number of hydrogen-bond acceptors (Lipinski definition) is 2. The van der Waals surface area contributed by atoms with Gasteiger partial charge in [-0.2, -0.15) is 0 Å². The highest BCUT2D eigenvalue weighted by molar-refractivity contribution is 5.81. The molecule has 0 bridgehead atoms. The minimum atomic E-state index is 0.254. The molecule has 0 N–H and O–H groups in total. The quantitative estimate of drug-likeness (QED) is 0.663. The van der Waals surface area contributed by atoms with Gasteiger partial charge in [-0.3, -0.25) is 4.79 Å². The number of rotatable bonds is 6. The lowest BCUT2D eigenvalue weighted by Gasteiger charge is -2.37. The average molecular weight is 254 g/mol. The van der Waals surface area contributed by atoms with Crippen LogP contribution in [0.15, 0.2) is 0 Å². The van der Waals surface area contributed by atoms with E-state index in [4.69, 9.17) is 4.74 Å². The third-order valence-electron chi connectivity index (χ3n) is 4.24. The molecular weight excluding hydrogens is 224 g/mol. The normalized spacial score (nSPS) is 25.4. The van der Waals surface area contributed by atoms with Gasteiger partial charge in [-0.05, 0) is 37.0 Å². The first-order valence-corrected chi connectivity index (χ1v) is 7.55. The van der Waals surface area contributed by atoms with Crippen LogP contribution in [0, 0.1) is 17.3 Å². The van der Waals surface area contributed by atoms with E-state index in [1.807, 2.05) is 0 Å². The summed E-state index contributed by atoms with van der Waals surface area (Å²) in [6.45, 7) is 10.7. The predicted octanol–water partition coefficient (Wildman–Crippen LogP) is 4.22. The van der Waals surface area contributed by atoms with Crippen LogP contribution in [0.2, 0.25) is 0 Å². The first-order chi connectivity index (χ1) is 8.45. The van der Waals surface area contributed by atoms with Crippen molar-refractivity contribution in [2.24, 2.45) is 17.3 Å². The number of carbonyl (C=O) groups excluding carboxylic acids is 1. The Labute approximate surface area is 112 Å². The highest BCUT2D eigenvalue weighted by Gasteiger charge is 2.34. The minimum absolute atomic E-state index is 0.254. The first kappa shape index (κ1) is 15.7. The summed E-state index contributed by atoms with van der Waals surface area (Å²) in [6, 6.07) is 0. The van der Waals surface area contributed by atoms with Crippen LogP contribution >= 0.6 is 0 Å². The van der Waals surface area contributed by atoms with Crippen molar-refractivity contribution in [1.82, 2.24) is 0 Å². The Bertz CT molecular complexity index is 252. The van der Waals surface area contributed by atoms with E-state index < -0.39 is 0 Å². The van der Waals surface area contributed by atoms with Gasteiger partial charge < -0.3 is 4.74 Å². The fourth-order valence-electron chi connectivity index (χ4n) is 2.75. The van der Waals surface area contributed by atoms with Gasteiger partial charge in [-0.15, -0.1) is 0 Å². The number of Topliss-reactive ketones (excluding diaryl/α,β-unsaturated/α-hetero) is 1. The predicted molar refractivity (Wildman–Crippen MR) is 75.6 cm³/mol. The lowest BCUT2D eigenvalue weighted by Crippen LogP contribution is -2.32. The van der Waals surface area contributed by atoms with Crippen molar-refractivity contribution in [3.63, 3.8) is 0 Å². The van der Waals surface area contributed by atoms with Crippen molar-refractivity contribution in [1.29, 1.82) is 0 Å². The molecule has 0 aromatic carbocycles. The molecule has 2 atom stereocenters. The first-order valence-electron chi connectivity index (χ1n) is 7.55. The maximum absolute atomic E-state index is 11.9. The molecule has 1 saturated carbocycles. The lowest BCUT2D eigenvalue weighted by atomic mass is 9.68. The topological polar surface area (TPSA) is 26.3 Å². The van der Waals surface area contributed by atoms with Gasteiger partial charge in [-0.25, -0.2) is 0 Å². The van der Waals surface area contributed by atoms with Crippen LogP contribution in [-0.2, 0) is 9.53 Å². The molecule has 1 rings (SSSR count). The third-order valence-corrected chi connectivity index (χ3v) is 4.24. The van der Waals surface area contributed by atoms with E-state index in [1.165, 1.54) is 6.42 Å². The fraction of sp³-hybridized carbons (Fsp3) is 0.938. The zero-order chi connectivity index (χ0) is 13.6. The molecule has 106 valence electrons. The van der Waals surface area contributed by atoms with E-state index in [1.54, 1.807) is 0 Å². The Balaban J connectivity index is 2.32. The van der Waals surface area contributed by atoms with Crippen molar-refractivity contribution in [3.05, 3.63) is 0 Å². The van der Waals surface area contributed by atoms with Gasteiger partial charge in [0, 0.05) is 25.6 Å². The second kappa shape index (κ2) is 7.28. The molecule has 0 saturated heterocycles. The van der Waals surface area contributed by atoms with Gasteiger partial charge in [0.25, 0.3) is 0 Å². The summed E-state index contributed by atoms with van der Waals surface area (Å²) < 4.78 is 5.59. The molecule has 0 amide bonds. The average Bonchev–Trinajstić information content (AvgIpc) is 2.29. The molecule has 0 aromatic heterocycles. The summed E-state index contributed by atoms with van der Waals surface area (Å²) in [7, 11) is 0. The summed E-state index contributed by atoms with van der Waals surface area (Å²) in [5.74, 6) is 1.41. The lowest BCUT2D eigenvalue weighted by molar-refractivity contribution is -0.127. The Hall–Kier alpha value is -0.370. The number of unbranched alkanes of at least 4 members (excludes halogenated alkanes) is 1. The standard InChI is InChI=1S/C16H30O2/c1-5-6-10-18-11-9-13-12-14(16(2,3)4)7-8-15(13)17/h13-14H,5-12H2,1-4H3. The molecule has 2 heteroatoms. The summed E-state index contributed by atoms with van der Waals surface area (Å²) >= 11 is 0. The molecule has 2 nitrogen and oxygen atoms in total. The van der Waals surface area contributed by atoms with Crippen molar-refractivity contribution in [2.45, 2.75) is 66.2 Å². The molecular formula is C16H30O2. The van der Waals surface area contributed by atoms with Crippen molar-refractivity contribution in [2.75, 3.05) is 13.2 Å². The summed E-state index contributed by atoms with van der Waals surface area (Å²) in [5.41, 5.74) is 0.335. The van der Waals surface area contributed by atoms with Gasteiger partial charge in [0.1, 0.15) is 5.78 Å². The van der Waals surface area contributed by atoms with Crippen molar-refractivity contribution >= 4 is 5.78 Å². The molecule has 0 radical (unpaired) electrons. The maximum atomic E-state index is 11.9. The van der Waals surface area contributed by atoms with Crippen LogP contribution in [0.1, 0.15) is 66.2 Å². The van der Waals surface area contributed by atoms with E-state index in [0.29, 0.717) is 17.1 Å². The Morgan fingerprint density at radius 3 is 2.61 bits per heavy atom. The monoisotopic (exact) mass is 254 g/mol. The van der Waals surface area contributed by atoms with Gasteiger partial charge in [0.15, 0.2) is 0 Å². The maximum Gasteiger partial charge on any atom is 0.136 e. The molecule has 0 aliphatic heterocycles. The van der Waals surface area contributed by atoms with E-state index >= 15 is 0 Å². The third kappa shape index (κ3) is 5.09. The largest absolute Gasteiger partial charge is 0.381 e. The minimum Gasteiger partial charge on any atom is -0.381 e. The Morgan fingerprint density at radius 2 is 2.00 bits per heavy atom. The highest BCUT2D eigenvalue weighted by Crippen LogP contribution is 2.39. The molecule has 0 aromatic rings. The molecule has 0 heterocycles. The van der Waals surface area contributed by atoms with Gasteiger partial charge in [-0.1, -0.05) is 34.1 Å².